The molecular weight excluding hydrogens is 350 g/mol. The highest BCUT2D eigenvalue weighted by Crippen LogP contribution is 2.42. The van der Waals surface area contributed by atoms with Crippen LogP contribution in [0.2, 0.25) is 5.02 Å². The van der Waals surface area contributed by atoms with E-state index >= 15 is 0 Å². The van der Waals surface area contributed by atoms with Crippen molar-refractivity contribution in [2.45, 2.75) is 26.3 Å². The van der Waals surface area contributed by atoms with E-state index in [0.29, 0.717) is 10.8 Å². The quantitative estimate of drug-likeness (QED) is 0.681. The van der Waals surface area contributed by atoms with E-state index in [1.807, 2.05) is 37.3 Å². The summed E-state index contributed by atoms with van der Waals surface area (Å²) in [4.78, 5) is 20.8. The number of aromatic nitrogens is 2. The molecule has 0 fully saturated rings. The summed E-state index contributed by atoms with van der Waals surface area (Å²) >= 11 is 6.58. The van der Waals surface area contributed by atoms with E-state index in [9.17, 15) is 4.79 Å². The number of nitrogens with zero attached hydrogens (tertiary/aromatic N) is 3. The Bertz CT molecular complexity index is 1020. The van der Waals surface area contributed by atoms with Crippen molar-refractivity contribution in [1.29, 1.82) is 0 Å². The lowest BCUT2D eigenvalue weighted by Crippen LogP contribution is -2.08. The molecule has 2 aromatic heterocycles. The highest BCUT2D eigenvalue weighted by Gasteiger charge is 2.31. The smallest absolute Gasteiger partial charge is 0.169 e. The molecule has 5 nitrogen and oxygen atoms in total. The third kappa shape index (κ3) is 2.74. The first-order valence-electron chi connectivity index (χ1n) is 8.29. The molecule has 0 unspecified atom stereocenters. The van der Waals surface area contributed by atoms with Crippen LogP contribution in [0, 0.1) is 6.92 Å². The molecule has 26 heavy (non-hydrogen) atoms. The Balaban J connectivity index is 2.06. The largest absolute Gasteiger partial charge is 0.358 e. The fourth-order valence-corrected chi connectivity index (χ4v) is 3.60. The summed E-state index contributed by atoms with van der Waals surface area (Å²) < 4.78 is 5.60. The van der Waals surface area contributed by atoms with Gasteiger partial charge in [-0.2, -0.15) is 0 Å². The van der Waals surface area contributed by atoms with Crippen molar-refractivity contribution in [2.75, 3.05) is 0 Å². The average molecular weight is 366 g/mol. The molecule has 3 heterocycles. The van der Waals surface area contributed by atoms with Gasteiger partial charge in [0.1, 0.15) is 11.8 Å². The Hall–Kier alpha value is -2.79. The minimum absolute atomic E-state index is 0.0323. The van der Waals surface area contributed by atoms with Gasteiger partial charge in [-0.05, 0) is 37.6 Å². The molecule has 1 atom stereocenters. The maximum atomic E-state index is 11.9. The number of aliphatic imine (C=N–C) groups is 1. The van der Waals surface area contributed by atoms with Crippen LogP contribution in [0.15, 0.2) is 52.2 Å². The van der Waals surface area contributed by atoms with Crippen molar-refractivity contribution in [3.8, 4) is 11.1 Å². The molecule has 1 aromatic carbocycles. The van der Waals surface area contributed by atoms with E-state index in [2.05, 4.69) is 10.1 Å². The van der Waals surface area contributed by atoms with Gasteiger partial charge < -0.3 is 4.52 Å². The number of halogens is 1. The van der Waals surface area contributed by atoms with Crippen LogP contribution < -0.4 is 0 Å². The van der Waals surface area contributed by atoms with Crippen LogP contribution in [0.4, 0.5) is 0 Å². The number of carbonyl (C=O) groups excluding carboxylic acids is 1. The zero-order valence-electron chi connectivity index (χ0n) is 14.4. The van der Waals surface area contributed by atoms with E-state index in [0.717, 1.165) is 33.7 Å². The zero-order valence-corrected chi connectivity index (χ0v) is 15.1. The Morgan fingerprint density at radius 2 is 1.96 bits per heavy atom. The van der Waals surface area contributed by atoms with Crippen LogP contribution in [0.3, 0.4) is 0 Å². The minimum atomic E-state index is -0.449. The summed E-state index contributed by atoms with van der Waals surface area (Å²) in [6.45, 7) is 3.44. The standard InChI is InChI=1S/C20H16ClN3O2/c1-11(25)10-16-20-17(12(2)24-26-20)14-4-3-5-15(21)18(14)19(23-16)13-6-8-22-9-7-13/h3-9,16H,10H2,1-2H3/t16-/m0/s1. The first-order chi connectivity index (χ1) is 12.6. The summed E-state index contributed by atoms with van der Waals surface area (Å²) in [5.41, 5.74) is 4.96. The molecule has 0 bridgehead atoms. The van der Waals surface area contributed by atoms with Crippen molar-refractivity contribution in [2.24, 2.45) is 4.99 Å². The zero-order chi connectivity index (χ0) is 18.3. The summed E-state index contributed by atoms with van der Waals surface area (Å²) in [6.07, 6.45) is 3.66. The second kappa shape index (κ2) is 6.50. The summed E-state index contributed by atoms with van der Waals surface area (Å²) in [7, 11) is 0. The van der Waals surface area contributed by atoms with Crippen LogP contribution in [-0.2, 0) is 4.79 Å². The Morgan fingerprint density at radius 3 is 2.69 bits per heavy atom. The third-order valence-electron chi connectivity index (χ3n) is 4.43. The molecule has 3 aromatic rings. The highest BCUT2D eigenvalue weighted by molar-refractivity contribution is 6.36. The lowest BCUT2D eigenvalue weighted by atomic mass is 9.93. The second-order valence-electron chi connectivity index (χ2n) is 6.31. The molecule has 4 rings (SSSR count). The number of hydrogen-bond acceptors (Lipinski definition) is 5. The predicted octanol–water partition coefficient (Wildman–Crippen LogP) is 4.57. The molecule has 0 radical (unpaired) electrons. The van der Waals surface area contributed by atoms with Gasteiger partial charge in [0.05, 0.1) is 22.0 Å². The Morgan fingerprint density at radius 1 is 1.19 bits per heavy atom. The van der Waals surface area contributed by atoms with E-state index in [-0.39, 0.29) is 12.2 Å². The van der Waals surface area contributed by atoms with Crippen LogP contribution in [0.5, 0.6) is 0 Å². The molecular formula is C20H16ClN3O2. The number of aryl methyl sites for hydroxylation is 1. The van der Waals surface area contributed by atoms with Crippen molar-refractivity contribution in [3.63, 3.8) is 0 Å². The summed E-state index contributed by atoms with van der Waals surface area (Å²) in [5.74, 6) is 0.634. The van der Waals surface area contributed by atoms with Crippen LogP contribution in [-0.4, -0.2) is 21.6 Å². The molecule has 0 N–H and O–H groups in total. The number of hydrogen-bond donors (Lipinski definition) is 0. The van der Waals surface area contributed by atoms with Gasteiger partial charge in [0.25, 0.3) is 0 Å². The molecule has 0 spiro atoms. The number of fused-ring (bicyclic) bond motifs is 3. The number of ketones is 1. The molecule has 1 aliphatic rings. The number of carbonyl (C=O) groups is 1. The Labute approximate surface area is 155 Å². The van der Waals surface area contributed by atoms with Gasteiger partial charge in [-0.15, -0.1) is 0 Å². The third-order valence-corrected chi connectivity index (χ3v) is 4.75. The number of rotatable bonds is 3. The molecule has 0 amide bonds. The highest BCUT2D eigenvalue weighted by atomic mass is 35.5. The van der Waals surface area contributed by atoms with Gasteiger partial charge in [0.15, 0.2) is 5.76 Å². The van der Waals surface area contributed by atoms with Gasteiger partial charge in [0, 0.05) is 29.9 Å². The fraction of sp³-hybridized carbons (Fsp3) is 0.200. The van der Waals surface area contributed by atoms with Crippen molar-refractivity contribution < 1.29 is 9.32 Å². The number of pyridine rings is 1. The van der Waals surface area contributed by atoms with Gasteiger partial charge >= 0.3 is 0 Å². The molecule has 1 aliphatic heterocycles. The van der Waals surface area contributed by atoms with Crippen LogP contribution >= 0.6 is 11.6 Å². The number of benzene rings is 1. The van der Waals surface area contributed by atoms with Crippen LogP contribution in [0.25, 0.3) is 11.1 Å². The lowest BCUT2D eigenvalue weighted by Gasteiger charge is -2.12. The van der Waals surface area contributed by atoms with Gasteiger partial charge in [-0.3, -0.25) is 14.8 Å². The molecule has 0 saturated heterocycles. The van der Waals surface area contributed by atoms with E-state index in [1.54, 1.807) is 19.3 Å². The maximum Gasteiger partial charge on any atom is 0.169 e. The summed E-state index contributed by atoms with van der Waals surface area (Å²) in [5, 5.41) is 4.71. The van der Waals surface area contributed by atoms with Gasteiger partial charge in [-0.1, -0.05) is 28.9 Å². The van der Waals surface area contributed by atoms with Gasteiger partial charge in [-0.25, -0.2) is 0 Å². The van der Waals surface area contributed by atoms with Crippen molar-refractivity contribution in [1.82, 2.24) is 10.1 Å². The fourth-order valence-electron chi connectivity index (χ4n) is 3.33. The topological polar surface area (TPSA) is 68.3 Å². The first kappa shape index (κ1) is 16.7. The first-order valence-corrected chi connectivity index (χ1v) is 8.67. The van der Waals surface area contributed by atoms with Gasteiger partial charge in [0.2, 0.25) is 0 Å². The predicted molar refractivity (Wildman–Crippen MR) is 99.6 cm³/mol. The minimum Gasteiger partial charge on any atom is -0.358 e. The molecule has 0 aliphatic carbocycles. The normalized spacial score (nSPS) is 15.7. The number of Topliss-reactive ketones (excluding diaryl/α,β-unsaturated/α-hetero) is 1. The second-order valence-corrected chi connectivity index (χ2v) is 6.71. The van der Waals surface area contributed by atoms with E-state index < -0.39 is 6.04 Å². The SMILES string of the molecule is CC(=O)C[C@@H]1N=C(c2ccncc2)c2c(Cl)cccc2-c2c(C)noc21. The Kier molecular flexibility index (Phi) is 4.17. The lowest BCUT2D eigenvalue weighted by molar-refractivity contribution is -0.117. The summed E-state index contributed by atoms with van der Waals surface area (Å²) in [6, 6.07) is 9.04. The van der Waals surface area contributed by atoms with E-state index in [4.69, 9.17) is 21.1 Å². The molecule has 130 valence electrons. The van der Waals surface area contributed by atoms with Crippen molar-refractivity contribution in [3.05, 3.63) is 70.3 Å². The molecule has 6 heteroatoms. The average Bonchev–Trinajstić information content (AvgIpc) is 2.94. The monoisotopic (exact) mass is 365 g/mol. The maximum absolute atomic E-state index is 11.9. The molecule has 0 saturated carbocycles. The van der Waals surface area contributed by atoms with Crippen LogP contribution in [0.1, 0.15) is 42.0 Å². The van der Waals surface area contributed by atoms with E-state index in [1.165, 1.54) is 0 Å². The van der Waals surface area contributed by atoms with Crippen molar-refractivity contribution >= 4 is 23.1 Å².